The molecule has 0 aliphatic heterocycles. The van der Waals surface area contributed by atoms with Crippen LogP contribution in [0.2, 0.25) is 0 Å². The first kappa shape index (κ1) is 15.1. The lowest BCUT2D eigenvalue weighted by Gasteiger charge is -2.22. The van der Waals surface area contributed by atoms with E-state index in [1.54, 1.807) is 0 Å². The van der Waals surface area contributed by atoms with Crippen molar-refractivity contribution in [3.8, 4) is 0 Å². The van der Waals surface area contributed by atoms with Gasteiger partial charge in [-0.15, -0.1) is 0 Å². The molecule has 2 amide bonds. The Morgan fingerprint density at radius 1 is 1.53 bits per heavy atom. The van der Waals surface area contributed by atoms with Crippen molar-refractivity contribution < 1.29 is 9.59 Å². The number of aromatic nitrogens is 1. The number of amides is 2. The van der Waals surface area contributed by atoms with Crippen LogP contribution in [0.4, 0.5) is 5.69 Å². The predicted octanol–water partition coefficient (Wildman–Crippen LogP) is 1.61. The van der Waals surface area contributed by atoms with Crippen molar-refractivity contribution in [2.45, 2.75) is 33.1 Å². The topological polar surface area (TPSA) is 62.3 Å². The normalized spacial score (nSPS) is 10.4. The van der Waals surface area contributed by atoms with Gasteiger partial charge in [0.25, 0.3) is 0 Å². The fourth-order valence-corrected chi connectivity index (χ4v) is 1.78. The zero-order valence-electron chi connectivity index (χ0n) is 11.9. The molecule has 0 aliphatic rings. The Morgan fingerprint density at radius 3 is 2.79 bits per heavy atom. The highest BCUT2D eigenvalue weighted by Gasteiger charge is 2.10. The molecular formula is C14H21N3O2. The number of nitrogens with one attached hydrogen (secondary N) is 1. The molecule has 0 bridgehead atoms. The molecule has 0 spiro atoms. The van der Waals surface area contributed by atoms with Crippen LogP contribution in [0.15, 0.2) is 12.3 Å². The van der Waals surface area contributed by atoms with E-state index >= 15 is 0 Å². The van der Waals surface area contributed by atoms with Gasteiger partial charge in [0.15, 0.2) is 0 Å². The summed E-state index contributed by atoms with van der Waals surface area (Å²) in [5.74, 6) is 0.101. The fourth-order valence-electron chi connectivity index (χ4n) is 1.78. The molecule has 5 heteroatoms. The third-order valence-corrected chi connectivity index (χ3v) is 2.99. The lowest BCUT2D eigenvalue weighted by atomic mass is 10.1. The number of rotatable bonds is 6. The summed E-state index contributed by atoms with van der Waals surface area (Å²) in [7, 11) is 1.93. The summed E-state index contributed by atoms with van der Waals surface area (Å²) in [4.78, 5) is 27.8. The summed E-state index contributed by atoms with van der Waals surface area (Å²) in [6.45, 7) is 6.74. The number of pyridine rings is 1. The van der Waals surface area contributed by atoms with Crippen LogP contribution in [0.25, 0.3) is 0 Å². The number of anilines is 1. The number of hydrogen-bond acceptors (Lipinski definition) is 4. The maximum atomic E-state index is 11.3. The maximum Gasteiger partial charge on any atom is 0.228 e. The monoisotopic (exact) mass is 263 g/mol. The lowest BCUT2D eigenvalue weighted by molar-refractivity contribution is -0.125. The predicted molar refractivity (Wildman–Crippen MR) is 75.2 cm³/mol. The zero-order valence-corrected chi connectivity index (χ0v) is 11.9. The molecule has 0 aromatic carbocycles. The van der Waals surface area contributed by atoms with Crippen molar-refractivity contribution in [1.29, 1.82) is 0 Å². The molecule has 1 aromatic heterocycles. The van der Waals surface area contributed by atoms with Crippen LogP contribution in [-0.2, 0) is 9.59 Å². The molecule has 0 atom stereocenters. The molecule has 19 heavy (non-hydrogen) atoms. The number of nitrogens with zero attached hydrogens (tertiary/aromatic N) is 2. The van der Waals surface area contributed by atoms with E-state index < -0.39 is 0 Å². The quantitative estimate of drug-likeness (QED) is 0.792. The molecule has 0 aliphatic carbocycles. The highest BCUT2D eigenvalue weighted by Crippen LogP contribution is 2.22. The summed E-state index contributed by atoms with van der Waals surface area (Å²) < 4.78 is 0. The molecule has 104 valence electrons. The van der Waals surface area contributed by atoms with E-state index in [1.165, 1.54) is 0 Å². The molecule has 0 saturated carbocycles. The van der Waals surface area contributed by atoms with Gasteiger partial charge in [-0.05, 0) is 24.5 Å². The summed E-state index contributed by atoms with van der Waals surface area (Å²) in [5, 5.41) is 2.14. The van der Waals surface area contributed by atoms with Crippen molar-refractivity contribution in [2.75, 3.05) is 18.5 Å². The van der Waals surface area contributed by atoms with Gasteiger partial charge in [0.2, 0.25) is 12.3 Å². The average molecular weight is 263 g/mol. The summed E-state index contributed by atoms with van der Waals surface area (Å²) >= 11 is 0. The summed E-state index contributed by atoms with van der Waals surface area (Å²) in [6.07, 6.45) is 2.55. The van der Waals surface area contributed by atoms with Crippen LogP contribution in [0.1, 0.15) is 37.4 Å². The Morgan fingerprint density at radius 2 is 2.21 bits per heavy atom. The van der Waals surface area contributed by atoms with E-state index in [0.29, 0.717) is 18.9 Å². The minimum absolute atomic E-state index is 0.266. The van der Waals surface area contributed by atoms with Gasteiger partial charge in [-0.2, -0.15) is 0 Å². The second-order valence-corrected chi connectivity index (χ2v) is 4.91. The van der Waals surface area contributed by atoms with Gasteiger partial charge in [-0.1, -0.05) is 13.8 Å². The van der Waals surface area contributed by atoms with Crippen molar-refractivity contribution in [3.63, 3.8) is 0 Å². The smallest absolute Gasteiger partial charge is 0.228 e. The van der Waals surface area contributed by atoms with E-state index in [4.69, 9.17) is 0 Å². The molecule has 1 aromatic rings. The molecule has 1 N–H and O–H groups in total. The maximum absolute atomic E-state index is 11.3. The van der Waals surface area contributed by atoms with Crippen LogP contribution in [0, 0.1) is 6.92 Å². The van der Waals surface area contributed by atoms with Crippen LogP contribution in [0.5, 0.6) is 0 Å². The number of imide groups is 1. The minimum atomic E-state index is -0.266. The molecule has 5 nitrogen and oxygen atoms in total. The van der Waals surface area contributed by atoms with Gasteiger partial charge in [0.1, 0.15) is 0 Å². The van der Waals surface area contributed by atoms with E-state index in [9.17, 15) is 9.59 Å². The van der Waals surface area contributed by atoms with E-state index in [1.807, 2.05) is 25.1 Å². The van der Waals surface area contributed by atoms with Gasteiger partial charge in [-0.3, -0.25) is 19.9 Å². The Labute approximate surface area is 114 Å². The van der Waals surface area contributed by atoms with Gasteiger partial charge in [0, 0.05) is 37.6 Å². The Hall–Kier alpha value is -1.91. The molecule has 1 heterocycles. The Bertz CT molecular complexity index is 458. The second-order valence-electron chi connectivity index (χ2n) is 4.91. The van der Waals surface area contributed by atoms with Gasteiger partial charge in [-0.25, -0.2) is 0 Å². The highest BCUT2D eigenvalue weighted by molar-refractivity contribution is 5.86. The van der Waals surface area contributed by atoms with E-state index in [-0.39, 0.29) is 12.3 Å². The number of hydrogen-bond donors (Lipinski definition) is 1. The first-order valence-corrected chi connectivity index (χ1v) is 6.36. The Balaban J connectivity index is 2.75. The average Bonchev–Trinajstić information content (AvgIpc) is 2.36. The largest absolute Gasteiger partial charge is 0.374 e. The molecule has 0 fully saturated rings. The van der Waals surface area contributed by atoms with Crippen molar-refractivity contribution in [2.24, 2.45) is 0 Å². The summed E-state index contributed by atoms with van der Waals surface area (Å²) in [6, 6.07) is 2.05. The molecule has 1 rings (SSSR count). The lowest BCUT2D eigenvalue weighted by Crippen LogP contribution is -2.28. The van der Waals surface area contributed by atoms with Gasteiger partial charge < -0.3 is 4.90 Å². The van der Waals surface area contributed by atoms with E-state index in [2.05, 4.69) is 30.2 Å². The van der Waals surface area contributed by atoms with Crippen molar-refractivity contribution in [3.05, 3.63) is 23.5 Å². The van der Waals surface area contributed by atoms with Gasteiger partial charge in [0.05, 0.1) is 0 Å². The number of aryl methyl sites for hydroxylation is 1. The first-order valence-electron chi connectivity index (χ1n) is 6.36. The fraction of sp³-hybridized carbons (Fsp3) is 0.500. The molecule has 0 saturated heterocycles. The van der Waals surface area contributed by atoms with Crippen LogP contribution in [0.3, 0.4) is 0 Å². The zero-order chi connectivity index (χ0) is 14.4. The van der Waals surface area contributed by atoms with Crippen molar-refractivity contribution >= 4 is 18.0 Å². The van der Waals surface area contributed by atoms with Crippen LogP contribution >= 0.6 is 0 Å². The minimum Gasteiger partial charge on any atom is -0.374 e. The van der Waals surface area contributed by atoms with Gasteiger partial charge >= 0.3 is 0 Å². The van der Waals surface area contributed by atoms with Crippen molar-refractivity contribution in [1.82, 2.24) is 10.3 Å². The standard InChI is InChI=1S/C14H21N3O2/c1-10(2)12-7-13(11(3)8-15-12)17(4)6-5-14(19)16-9-18/h7-10H,5-6H2,1-4H3,(H,16,18,19). The molecular weight excluding hydrogens is 242 g/mol. The summed E-state index contributed by atoms with van der Waals surface area (Å²) in [5.41, 5.74) is 3.17. The SMILES string of the molecule is Cc1cnc(C(C)C)cc1N(C)CCC(=O)NC=O. The van der Waals surface area contributed by atoms with Crippen LogP contribution in [-0.4, -0.2) is 30.9 Å². The number of carbonyl (C=O) groups excluding carboxylic acids is 2. The highest BCUT2D eigenvalue weighted by atomic mass is 16.2. The third kappa shape index (κ3) is 4.35. The molecule has 0 unspecified atom stereocenters. The van der Waals surface area contributed by atoms with Crippen LogP contribution < -0.4 is 10.2 Å². The second kappa shape index (κ2) is 6.87. The molecule has 0 radical (unpaired) electrons. The number of carbonyl (C=O) groups is 2. The third-order valence-electron chi connectivity index (χ3n) is 2.99. The first-order chi connectivity index (χ1) is 8.95. The van der Waals surface area contributed by atoms with E-state index in [0.717, 1.165) is 16.9 Å². The Kier molecular flexibility index (Phi) is 5.48.